The van der Waals surface area contributed by atoms with Gasteiger partial charge in [-0.2, -0.15) is 0 Å². The van der Waals surface area contributed by atoms with Gasteiger partial charge in [-0.05, 0) is 65.1 Å². The van der Waals surface area contributed by atoms with Gasteiger partial charge >= 0.3 is 0 Å². The van der Waals surface area contributed by atoms with E-state index in [1.54, 1.807) is 0 Å². The van der Waals surface area contributed by atoms with Crippen LogP contribution < -0.4 is 0 Å². The molecular formula is C15H11BrClIN2. The monoisotopic (exact) mass is 460 g/mol. The number of imidazole rings is 1. The Morgan fingerprint density at radius 1 is 1.15 bits per heavy atom. The minimum absolute atomic E-state index is 0.564. The van der Waals surface area contributed by atoms with E-state index < -0.39 is 0 Å². The topological polar surface area (TPSA) is 17.8 Å². The van der Waals surface area contributed by atoms with Gasteiger partial charge in [0.1, 0.15) is 5.82 Å². The predicted molar refractivity (Wildman–Crippen MR) is 95.9 cm³/mol. The summed E-state index contributed by atoms with van der Waals surface area (Å²) < 4.78 is 4.44. The van der Waals surface area contributed by atoms with Gasteiger partial charge in [0.15, 0.2) is 0 Å². The standard InChI is InChI=1S/C15H11BrClIN2/c16-10-1-6-14-13(9-10)19-15(7-8-17)20(14)12-4-2-11(18)3-5-12/h1-6,9H,7-8H2. The maximum Gasteiger partial charge on any atom is 0.115 e. The maximum atomic E-state index is 5.92. The van der Waals surface area contributed by atoms with Crippen molar-refractivity contribution < 1.29 is 0 Å². The molecule has 0 aliphatic heterocycles. The van der Waals surface area contributed by atoms with Gasteiger partial charge in [-0.25, -0.2) is 4.98 Å². The molecule has 0 radical (unpaired) electrons. The van der Waals surface area contributed by atoms with E-state index >= 15 is 0 Å². The van der Waals surface area contributed by atoms with Gasteiger partial charge < -0.3 is 0 Å². The summed E-state index contributed by atoms with van der Waals surface area (Å²) in [5, 5.41) is 0. The largest absolute Gasteiger partial charge is 0.296 e. The molecule has 0 unspecified atom stereocenters. The van der Waals surface area contributed by atoms with Crippen molar-refractivity contribution in [3.05, 3.63) is 56.3 Å². The zero-order valence-corrected chi connectivity index (χ0v) is 15.0. The zero-order valence-electron chi connectivity index (χ0n) is 10.5. The Kier molecular flexibility index (Phi) is 4.33. The van der Waals surface area contributed by atoms with Crippen molar-refractivity contribution in [2.24, 2.45) is 0 Å². The Balaban J connectivity index is 2.25. The van der Waals surface area contributed by atoms with Crippen LogP contribution in [0.5, 0.6) is 0 Å². The number of alkyl halides is 1. The minimum Gasteiger partial charge on any atom is -0.296 e. The van der Waals surface area contributed by atoms with Gasteiger partial charge in [-0.1, -0.05) is 15.9 Å². The van der Waals surface area contributed by atoms with Crippen LogP contribution in [0.1, 0.15) is 5.82 Å². The van der Waals surface area contributed by atoms with Crippen LogP contribution in [-0.2, 0) is 6.42 Å². The van der Waals surface area contributed by atoms with Crippen LogP contribution in [0, 0.1) is 3.57 Å². The van der Waals surface area contributed by atoms with Crippen LogP contribution in [0.25, 0.3) is 16.7 Å². The number of aryl methyl sites for hydroxylation is 1. The number of nitrogens with zero attached hydrogens (tertiary/aromatic N) is 2. The second-order valence-electron chi connectivity index (χ2n) is 4.41. The summed E-state index contributed by atoms with van der Waals surface area (Å²) in [5.74, 6) is 1.56. The number of hydrogen-bond donors (Lipinski definition) is 0. The quantitative estimate of drug-likeness (QED) is 0.389. The Morgan fingerprint density at radius 3 is 2.60 bits per heavy atom. The molecule has 0 atom stereocenters. The SMILES string of the molecule is ClCCc1nc2cc(Br)ccc2n1-c1ccc(I)cc1. The van der Waals surface area contributed by atoms with Gasteiger partial charge in [0, 0.05) is 26.0 Å². The molecule has 3 aromatic rings. The van der Waals surface area contributed by atoms with Crippen molar-refractivity contribution >= 4 is 61.2 Å². The maximum absolute atomic E-state index is 5.92. The third-order valence-electron chi connectivity index (χ3n) is 3.09. The highest BCUT2D eigenvalue weighted by molar-refractivity contribution is 14.1. The molecule has 0 aliphatic rings. The molecule has 0 N–H and O–H groups in total. The fourth-order valence-electron chi connectivity index (χ4n) is 2.23. The van der Waals surface area contributed by atoms with Crippen molar-refractivity contribution in [3.8, 4) is 5.69 Å². The summed E-state index contributed by atoms with van der Waals surface area (Å²) >= 11 is 11.7. The van der Waals surface area contributed by atoms with Gasteiger partial charge in [0.2, 0.25) is 0 Å². The summed E-state index contributed by atoms with van der Waals surface area (Å²) in [4.78, 5) is 4.71. The van der Waals surface area contributed by atoms with Crippen LogP contribution in [0.3, 0.4) is 0 Å². The number of halogens is 3. The molecule has 0 spiro atoms. The Hall–Kier alpha value is -0.590. The molecule has 0 aliphatic carbocycles. The van der Waals surface area contributed by atoms with E-state index in [9.17, 15) is 0 Å². The molecule has 0 amide bonds. The van der Waals surface area contributed by atoms with Gasteiger partial charge in [-0.15, -0.1) is 11.6 Å². The van der Waals surface area contributed by atoms with Crippen molar-refractivity contribution in [1.29, 1.82) is 0 Å². The van der Waals surface area contributed by atoms with E-state index in [2.05, 4.69) is 73.4 Å². The predicted octanol–water partition coefficient (Wildman–Crippen LogP) is 5.17. The first-order valence-corrected chi connectivity index (χ1v) is 8.58. The average molecular weight is 462 g/mol. The second-order valence-corrected chi connectivity index (χ2v) is 6.95. The lowest BCUT2D eigenvalue weighted by Gasteiger charge is -2.08. The molecule has 1 heterocycles. The highest BCUT2D eigenvalue weighted by Gasteiger charge is 2.12. The molecular weight excluding hydrogens is 450 g/mol. The lowest BCUT2D eigenvalue weighted by atomic mass is 10.2. The molecule has 2 aromatic carbocycles. The summed E-state index contributed by atoms with van der Waals surface area (Å²) in [6.07, 6.45) is 0.750. The normalized spacial score (nSPS) is 11.2. The minimum atomic E-state index is 0.564. The third-order valence-corrected chi connectivity index (χ3v) is 4.49. The third kappa shape index (κ3) is 2.73. The number of hydrogen-bond acceptors (Lipinski definition) is 1. The fourth-order valence-corrected chi connectivity index (χ4v) is 3.11. The lowest BCUT2D eigenvalue weighted by Crippen LogP contribution is -2.02. The van der Waals surface area contributed by atoms with E-state index in [0.717, 1.165) is 33.4 Å². The molecule has 20 heavy (non-hydrogen) atoms. The Bertz CT molecular complexity index is 752. The summed E-state index contributed by atoms with van der Waals surface area (Å²) in [6, 6.07) is 14.6. The highest BCUT2D eigenvalue weighted by atomic mass is 127. The summed E-state index contributed by atoms with van der Waals surface area (Å²) in [5.41, 5.74) is 3.21. The van der Waals surface area contributed by atoms with Crippen molar-refractivity contribution in [2.45, 2.75) is 6.42 Å². The number of benzene rings is 2. The van der Waals surface area contributed by atoms with E-state index in [4.69, 9.17) is 16.6 Å². The zero-order chi connectivity index (χ0) is 14.1. The molecule has 102 valence electrons. The van der Waals surface area contributed by atoms with Gasteiger partial charge in [0.25, 0.3) is 0 Å². The van der Waals surface area contributed by atoms with E-state index in [-0.39, 0.29) is 0 Å². The number of rotatable bonds is 3. The highest BCUT2D eigenvalue weighted by Crippen LogP contribution is 2.25. The van der Waals surface area contributed by atoms with E-state index in [1.165, 1.54) is 3.57 Å². The molecule has 5 heteroatoms. The molecule has 3 rings (SSSR count). The first-order chi connectivity index (χ1) is 9.69. The van der Waals surface area contributed by atoms with Crippen molar-refractivity contribution in [2.75, 3.05) is 5.88 Å². The van der Waals surface area contributed by atoms with Crippen molar-refractivity contribution in [3.63, 3.8) is 0 Å². The molecule has 0 bridgehead atoms. The number of fused-ring (bicyclic) bond motifs is 1. The van der Waals surface area contributed by atoms with Crippen LogP contribution in [0.15, 0.2) is 46.9 Å². The van der Waals surface area contributed by atoms with Crippen molar-refractivity contribution in [1.82, 2.24) is 9.55 Å². The van der Waals surface area contributed by atoms with Gasteiger partial charge in [0.05, 0.1) is 11.0 Å². The molecule has 1 aromatic heterocycles. The van der Waals surface area contributed by atoms with Crippen LogP contribution in [-0.4, -0.2) is 15.4 Å². The van der Waals surface area contributed by atoms with E-state index in [1.807, 2.05) is 12.1 Å². The fraction of sp³-hybridized carbons (Fsp3) is 0.133. The molecule has 0 saturated heterocycles. The van der Waals surface area contributed by atoms with Crippen LogP contribution >= 0.6 is 50.1 Å². The van der Waals surface area contributed by atoms with Crippen LogP contribution in [0.2, 0.25) is 0 Å². The first kappa shape index (κ1) is 14.4. The summed E-state index contributed by atoms with van der Waals surface area (Å²) in [6.45, 7) is 0. The molecule has 0 saturated carbocycles. The Labute approximate surface area is 144 Å². The van der Waals surface area contributed by atoms with Crippen LogP contribution in [0.4, 0.5) is 0 Å². The smallest absolute Gasteiger partial charge is 0.115 e. The Morgan fingerprint density at radius 2 is 1.90 bits per heavy atom. The summed E-state index contributed by atoms with van der Waals surface area (Å²) in [7, 11) is 0. The van der Waals surface area contributed by atoms with Gasteiger partial charge in [-0.3, -0.25) is 4.57 Å². The number of aromatic nitrogens is 2. The average Bonchev–Trinajstić information content (AvgIpc) is 2.77. The first-order valence-electron chi connectivity index (χ1n) is 6.18. The van der Waals surface area contributed by atoms with E-state index in [0.29, 0.717) is 5.88 Å². The lowest BCUT2D eigenvalue weighted by molar-refractivity contribution is 0.912. The molecule has 2 nitrogen and oxygen atoms in total. The molecule has 0 fully saturated rings. The second kappa shape index (κ2) is 6.03.